The van der Waals surface area contributed by atoms with Crippen LogP contribution in [-0.2, 0) is 13.1 Å². The average molecular weight is 376 g/mol. The lowest BCUT2D eigenvalue weighted by molar-refractivity contribution is 0.105. The fourth-order valence-corrected chi connectivity index (χ4v) is 3.37. The lowest BCUT2D eigenvalue weighted by Gasteiger charge is -2.30. The van der Waals surface area contributed by atoms with Gasteiger partial charge in [-0.25, -0.2) is 9.37 Å². The Morgan fingerprint density at radius 3 is 2.58 bits per heavy atom. The van der Waals surface area contributed by atoms with Crippen LogP contribution in [0.3, 0.4) is 0 Å². The zero-order chi connectivity index (χ0) is 18.7. The first-order chi connectivity index (χ1) is 12.5. The van der Waals surface area contributed by atoms with E-state index in [1.807, 2.05) is 29.7 Å². The van der Waals surface area contributed by atoms with Crippen molar-refractivity contribution in [2.24, 2.45) is 0 Å². The molecule has 2 aromatic heterocycles. The number of hydrogen-bond acceptors (Lipinski definition) is 3. The quantitative estimate of drug-likeness (QED) is 0.672. The zero-order valence-electron chi connectivity index (χ0n) is 15.0. The Morgan fingerprint density at radius 2 is 1.92 bits per heavy atom. The minimum Gasteiger partial charge on any atom is -0.395 e. The van der Waals surface area contributed by atoms with Crippen LogP contribution in [0, 0.1) is 12.7 Å². The molecule has 26 heavy (non-hydrogen) atoms. The third-order valence-corrected chi connectivity index (χ3v) is 4.96. The number of aromatic nitrogens is 2. The van der Waals surface area contributed by atoms with E-state index in [4.69, 9.17) is 11.6 Å². The Morgan fingerprint density at radius 1 is 1.19 bits per heavy atom. The van der Waals surface area contributed by atoms with Crippen LogP contribution in [0.15, 0.2) is 42.6 Å². The van der Waals surface area contributed by atoms with Gasteiger partial charge in [-0.1, -0.05) is 30.7 Å². The number of aryl methyl sites for hydroxylation is 1. The highest BCUT2D eigenvalue weighted by Crippen LogP contribution is 2.21. The third-order valence-electron chi connectivity index (χ3n) is 4.73. The minimum atomic E-state index is -0.248. The molecule has 0 aliphatic rings. The van der Waals surface area contributed by atoms with Gasteiger partial charge >= 0.3 is 0 Å². The van der Waals surface area contributed by atoms with Gasteiger partial charge in [-0.3, -0.25) is 4.90 Å². The number of halogens is 2. The molecule has 1 atom stereocenters. The average Bonchev–Trinajstić information content (AvgIpc) is 2.93. The zero-order valence-corrected chi connectivity index (χ0v) is 15.7. The normalized spacial score (nSPS) is 12.8. The first-order valence-corrected chi connectivity index (χ1v) is 9.12. The lowest BCUT2D eigenvalue weighted by Crippen LogP contribution is -2.37. The molecule has 0 unspecified atom stereocenters. The summed E-state index contributed by atoms with van der Waals surface area (Å²) in [5.41, 5.74) is 3.82. The number of aliphatic hydroxyl groups is 1. The number of hydrogen-bond donors (Lipinski definition) is 1. The Balaban J connectivity index is 1.94. The van der Waals surface area contributed by atoms with E-state index >= 15 is 0 Å². The predicted molar refractivity (Wildman–Crippen MR) is 102 cm³/mol. The van der Waals surface area contributed by atoms with Gasteiger partial charge in [0.1, 0.15) is 11.5 Å². The van der Waals surface area contributed by atoms with E-state index in [2.05, 4.69) is 16.8 Å². The molecule has 1 N–H and O–H groups in total. The molecule has 3 rings (SSSR count). The standard InChI is InChI=1S/C20H23ClFN3O/c1-3-18(13-26)24(10-15-4-7-17(22)8-5-15)12-19-14(2)23-20-9-6-16(21)11-25(19)20/h4-9,11,18,26H,3,10,12-13H2,1-2H3/t18-/m0/s1. The number of rotatable bonds is 7. The Labute approximate surface area is 157 Å². The van der Waals surface area contributed by atoms with Crippen molar-refractivity contribution in [3.63, 3.8) is 0 Å². The van der Waals surface area contributed by atoms with Gasteiger partial charge in [0.2, 0.25) is 0 Å². The largest absolute Gasteiger partial charge is 0.395 e. The maximum Gasteiger partial charge on any atom is 0.137 e. The number of benzene rings is 1. The second-order valence-electron chi connectivity index (χ2n) is 6.50. The summed E-state index contributed by atoms with van der Waals surface area (Å²) in [5.74, 6) is -0.248. The fourth-order valence-electron chi connectivity index (χ4n) is 3.21. The van der Waals surface area contributed by atoms with Crippen molar-refractivity contribution in [2.45, 2.75) is 39.4 Å². The molecule has 0 amide bonds. The van der Waals surface area contributed by atoms with Crippen LogP contribution in [0.5, 0.6) is 0 Å². The molecule has 0 saturated carbocycles. The molecular weight excluding hydrogens is 353 g/mol. The molecule has 0 radical (unpaired) electrons. The highest BCUT2D eigenvalue weighted by atomic mass is 35.5. The molecule has 0 fully saturated rings. The summed E-state index contributed by atoms with van der Waals surface area (Å²) in [5, 5.41) is 10.5. The fraction of sp³-hybridized carbons (Fsp3) is 0.350. The molecule has 0 aliphatic heterocycles. The van der Waals surface area contributed by atoms with Crippen LogP contribution in [0.4, 0.5) is 4.39 Å². The van der Waals surface area contributed by atoms with Crippen LogP contribution < -0.4 is 0 Å². The van der Waals surface area contributed by atoms with Crippen LogP contribution >= 0.6 is 11.6 Å². The van der Waals surface area contributed by atoms with Crippen molar-refractivity contribution in [3.8, 4) is 0 Å². The van der Waals surface area contributed by atoms with E-state index in [-0.39, 0.29) is 18.5 Å². The Kier molecular flexibility index (Phi) is 5.91. The van der Waals surface area contributed by atoms with Crippen molar-refractivity contribution < 1.29 is 9.50 Å². The van der Waals surface area contributed by atoms with E-state index < -0.39 is 0 Å². The molecule has 6 heteroatoms. The number of imidazole rings is 1. The van der Waals surface area contributed by atoms with Crippen LogP contribution in [0.1, 0.15) is 30.3 Å². The van der Waals surface area contributed by atoms with Gasteiger partial charge in [0, 0.05) is 25.3 Å². The summed E-state index contributed by atoms with van der Waals surface area (Å²) < 4.78 is 15.2. The molecular formula is C20H23ClFN3O. The van der Waals surface area contributed by atoms with Crippen LogP contribution in [0.2, 0.25) is 5.02 Å². The molecule has 3 aromatic rings. The van der Waals surface area contributed by atoms with Crippen molar-refractivity contribution in [2.75, 3.05) is 6.61 Å². The molecule has 0 aliphatic carbocycles. The van der Waals surface area contributed by atoms with E-state index in [1.165, 1.54) is 12.1 Å². The molecule has 138 valence electrons. The van der Waals surface area contributed by atoms with E-state index in [1.54, 1.807) is 12.1 Å². The number of nitrogens with zero attached hydrogens (tertiary/aromatic N) is 3. The Bertz CT molecular complexity index is 875. The topological polar surface area (TPSA) is 40.8 Å². The van der Waals surface area contributed by atoms with Crippen LogP contribution in [-0.4, -0.2) is 32.0 Å². The summed E-state index contributed by atoms with van der Waals surface area (Å²) in [6, 6.07) is 10.2. The summed E-state index contributed by atoms with van der Waals surface area (Å²) >= 11 is 6.16. The van der Waals surface area contributed by atoms with Gasteiger partial charge in [0.15, 0.2) is 0 Å². The van der Waals surface area contributed by atoms with Crippen molar-refractivity contribution in [1.29, 1.82) is 0 Å². The van der Waals surface area contributed by atoms with E-state index in [0.29, 0.717) is 18.1 Å². The number of aliphatic hydroxyl groups excluding tert-OH is 1. The summed E-state index contributed by atoms with van der Waals surface area (Å²) in [6.45, 7) is 5.33. The second kappa shape index (κ2) is 8.16. The lowest BCUT2D eigenvalue weighted by atomic mass is 10.1. The maximum absolute atomic E-state index is 13.2. The summed E-state index contributed by atoms with van der Waals surface area (Å²) in [7, 11) is 0. The second-order valence-corrected chi connectivity index (χ2v) is 6.93. The molecule has 0 bridgehead atoms. The predicted octanol–water partition coefficient (Wildman–Crippen LogP) is 4.21. The third kappa shape index (κ3) is 4.06. The van der Waals surface area contributed by atoms with Crippen molar-refractivity contribution in [1.82, 2.24) is 14.3 Å². The SMILES string of the molecule is CC[C@@H](CO)N(Cc1ccc(F)cc1)Cc1c(C)nc2ccc(Cl)cn12. The molecule has 0 saturated heterocycles. The number of pyridine rings is 1. The van der Waals surface area contributed by atoms with Crippen LogP contribution in [0.25, 0.3) is 5.65 Å². The van der Waals surface area contributed by atoms with E-state index in [9.17, 15) is 9.50 Å². The molecule has 2 heterocycles. The maximum atomic E-state index is 13.2. The first kappa shape index (κ1) is 18.8. The highest BCUT2D eigenvalue weighted by Gasteiger charge is 2.20. The van der Waals surface area contributed by atoms with E-state index in [0.717, 1.165) is 29.0 Å². The monoisotopic (exact) mass is 375 g/mol. The van der Waals surface area contributed by atoms with Gasteiger partial charge in [-0.05, 0) is 43.2 Å². The van der Waals surface area contributed by atoms with Gasteiger partial charge in [-0.15, -0.1) is 0 Å². The minimum absolute atomic E-state index is 0.00388. The number of fused-ring (bicyclic) bond motifs is 1. The highest BCUT2D eigenvalue weighted by molar-refractivity contribution is 6.30. The Hall–Kier alpha value is -1.95. The van der Waals surface area contributed by atoms with Gasteiger partial charge in [0.25, 0.3) is 0 Å². The van der Waals surface area contributed by atoms with Gasteiger partial charge in [-0.2, -0.15) is 0 Å². The van der Waals surface area contributed by atoms with Gasteiger partial charge in [0.05, 0.1) is 23.0 Å². The molecule has 0 spiro atoms. The first-order valence-electron chi connectivity index (χ1n) is 8.74. The summed E-state index contributed by atoms with van der Waals surface area (Å²) in [4.78, 5) is 6.80. The van der Waals surface area contributed by atoms with Crippen molar-refractivity contribution in [3.05, 3.63) is 70.4 Å². The molecule has 1 aromatic carbocycles. The summed E-state index contributed by atoms with van der Waals surface area (Å²) in [6.07, 6.45) is 2.68. The van der Waals surface area contributed by atoms with Gasteiger partial charge < -0.3 is 9.51 Å². The smallest absolute Gasteiger partial charge is 0.137 e. The van der Waals surface area contributed by atoms with Crippen molar-refractivity contribution >= 4 is 17.2 Å². The molecule has 4 nitrogen and oxygen atoms in total.